The molecule has 0 aliphatic heterocycles. The van der Waals surface area contributed by atoms with Crippen molar-refractivity contribution in [1.29, 1.82) is 0 Å². The van der Waals surface area contributed by atoms with Gasteiger partial charge in [0.1, 0.15) is 5.82 Å². The van der Waals surface area contributed by atoms with Gasteiger partial charge in [0.05, 0.1) is 6.42 Å². The van der Waals surface area contributed by atoms with Gasteiger partial charge < -0.3 is 10.3 Å². The SMILES string of the molecule is Cc1[nH]c2ccc(F)cc2c1CC(=O)NCCCC(C)C. The minimum absolute atomic E-state index is 0.00739. The monoisotopic (exact) mass is 290 g/mol. The molecule has 0 saturated carbocycles. The molecule has 2 N–H and O–H groups in total. The largest absolute Gasteiger partial charge is 0.358 e. The van der Waals surface area contributed by atoms with E-state index in [0.29, 0.717) is 12.5 Å². The number of rotatable bonds is 6. The number of hydrogen-bond donors (Lipinski definition) is 2. The number of aromatic amines is 1. The van der Waals surface area contributed by atoms with Gasteiger partial charge in [-0.25, -0.2) is 4.39 Å². The standard InChI is InChI=1S/C17H23FN2O/c1-11(2)5-4-8-19-17(21)10-14-12(3)20-16-7-6-13(18)9-15(14)16/h6-7,9,11,20H,4-5,8,10H2,1-3H3,(H,19,21). The lowest BCUT2D eigenvalue weighted by Gasteiger charge is -2.07. The van der Waals surface area contributed by atoms with Crippen LogP contribution in [0, 0.1) is 18.7 Å². The molecule has 0 bridgehead atoms. The summed E-state index contributed by atoms with van der Waals surface area (Å²) in [6.07, 6.45) is 2.39. The molecule has 4 heteroatoms. The number of carbonyl (C=O) groups is 1. The summed E-state index contributed by atoms with van der Waals surface area (Å²) in [5.74, 6) is 0.368. The maximum absolute atomic E-state index is 13.4. The molecule has 0 radical (unpaired) electrons. The van der Waals surface area contributed by atoms with E-state index < -0.39 is 0 Å². The molecular weight excluding hydrogens is 267 g/mol. The Morgan fingerprint density at radius 2 is 2.14 bits per heavy atom. The molecule has 0 aliphatic carbocycles. The number of carbonyl (C=O) groups excluding carboxylic acids is 1. The van der Waals surface area contributed by atoms with E-state index >= 15 is 0 Å². The van der Waals surface area contributed by atoms with Gasteiger partial charge in [-0.05, 0) is 49.4 Å². The lowest BCUT2D eigenvalue weighted by molar-refractivity contribution is -0.120. The van der Waals surface area contributed by atoms with Gasteiger partial charge in [0.25, 0.3) is 0 Å². The van der Waals surface area contributed by atoms with Gasteiger partial charge in [-0.3, -0.25) is 4.79 Å². The molecule has 1 aromatic heterocycles. The number of hydrogen-bond acceptors (Lipinski definition) is 1. The maximum Gasteiger partial charge on any atom is 0.224 e. The van der Waals surface area contributed by atoms with E-state index in [1.54, 1.807) is 6.07 Å². The molecule has 0 atom stereocenters. The lowest BCUT2D eigenvalue weighted by atomic mass is 10.1. The van der Waals surface area contributed by atoms with Crippen LogP contribution in [0.1, 0.15) is 37.9 Å². The van der Waals surface area contributed by atoms with Crippen LogP contribution in [0.3, 0.4) is 0 Å². The van der Waals surface area contributed by atoms with Gasteiger partial charge in [0.15, 0.2) is 0 Å². The number of amides is 1. The minimum Gasteiger partial charge on any atom is -0.358 e. The Hall–Kier alpha value is -1.84. The van der Waals surface area contributed by atoms with Crippen LogP contribution in [0.4, 0.5) is 4.39 Å². The van der Waals surface area contributed by atoms with E-state index in [1.807, 2.05) is 6.92 Å². The first kappa shape index (κ1) is 15.5. The molecule has 1 amide bonds. The Balaban J connectivity index is 2.00. The fourth-order valence-corrected chi connectivity index (χ4v) is 2.54. The van der Waals surface area contributed by atoms with Gasteiger partial charge in [-0.2, -0.15) is 0 Å². The molecule has 0 spiro atoms. The van der Waals surface area contributed by atoms with E-state index in [0.717, 1.165) is 35.0 Å². The van der Waals surface area contributed by atoms with E-state index in [-0.39, 0.29) is 18.1 Å². The fraction of sp³-hybridized carbons (Fsp3) is 0.471. The van der Waals surface area contributed by atoms with Crippen molar-refractivity contribution in [2.75, 3.05) is 6.54 Å². The molecule has 114 valence electrons. The zero-order chi connectivity index (χ0) is 15.4. The van der Waals surface area contributed by atoms with Crippen LogP contribution in [0.25, 0.3) is 10.9 Å². The van der Waals surface area contributed by atoms with Crippen LogP contribution in [-0.2, 0) is 11.2 Å². The van der Waals surface area contributed by atoms with Crippen LogP contribution >= 0.6 is 0 Å². The highest BCUT2D eigenvalue weighted by Gasteiger charge is 2.12. The van der Waals surface area contributed by atoms with Crippen molar-refractivity contribution < 1.29 is 9.18 Å². The van der Waals surface area contributed by atoms with Crippen molar-refractivity contribution in [2.45, 2.75) is 40.0 Å². The minimum atomic E-state index is -0.278. The first-order chi connectivity index (χ1) is 9.97. The molecule has 3 nitrogen and oxygen atoms in total. The predicted molar refractivity (Wildman–Crippen MR) is 83.8 cm³/mol. The molecule has 2 rings (SSSR count). The van der Waals surface area contributed by atoms with Crippen molar-refractivity contribution in [3.05, 3.63) is 35.3 Å². The molecule has 0 aliphatic rings. The van der Waals surface area contributed by atoms with Crippen LogP contribution < -0.4 is 5.32 Å². The second kappa shape index (κ2) is 6.74. The number of halogens is 1. The van der Waals surface area contributed by atoms with Crippen LogP contribution in [0.2, 0.25) is 0 Å². The molecular formula is C17H23FN2O. The second-order valence-electron chi connectivity index (χ2n) is 5.98. The Morgan fingerprint density at radius 1 is 1.38 bits per heavy atom. The third-order valence-corrected chi connectivity index (χ3v) is 3.70. The van der Waals surface area contributed by atoms with Crippen molar-refractivity contribution in [3.8, 4) is 0 Å². The maximum atomic E-state index is 13.4. The lowest BCUT2D eigenvalue weighted by Crippen LogP contribution is -2.26. The van der Waals surface area contributed by atoms with Crippen molar-refractivity contribution in [3.63, 3.8) is 0 Å². The summed E-state index contributed by atoms with van der Waals surface area (Å²) in [4.78, 5) is 15.2. The predicted octanol–water partition coefficient (Wildman–Crippen LogP) is 3.71. The number of fused-ring (bicyclic) bond motifs is 1. The first-order valence-electron chi connectivity index (χ1n) is 7.50. The summed E-state index contributed by atoms with van der Waals surface area (Å²) in [6, 6.07) is 4.62. The zero-order valence-electron chi connectivity index (χ0n) is 12.9. The summed E-state index contributed by atoms with van der Waals surface area (Å²) in [5.41, 5.74) is 2.68. The number of benzene rings is 1. The van der Waals surface area contributed by atoms with Crippen LogP contribution in [0.5, 0.6) is 0 Å². The van der Waals surface area contributed by atoms with Crippen molar-refractivity contribution >= 4 is 16.8 Å². The van der Waals surface area contributed by atoms with E-state index in [2.05, 4.69) is 24.1 Å². The molecule has 0 unspecified atom stereocenters. The summed E-state index contributed by atoms with van der Waals surface area (Å²) in [7, 11) is 0. The van der Waals surface area contributed by atoms with Gasteiger partial charge >= 0.3 is 0 Å². The average molecular weight is 290 g/mol. The summed E-state index contributed by atoms with van der Waals surface area (Å²) in [6.45, 7) is 6.96. The summed E-state index contributed by atoms with van der Waals surface area (Å²) in [5, 5.41) is 3.73. The normalized spacial score (nSPS) is 11.3. The smallest absolute Gasteiger partial charge is 0.224 e. The Kier molecular flexibility index (Phi) is 4.99. The highest BCUT2D eigenvalue weighted by molar-refractivity contribution is 5.90. The van der Waals surface area contributed by atoms with E-state index in [1.165, 1.54) is 12.1 Å². The highest BCUT2D eigenvalue weighted by Crippen LogP contribution is 2.23. The molecule has 1 aromatic carbocycles. The summed E-state index contributed by atoms with van der Waals surface area (Å²) < 4.78 is 13.4. The highest BCUT2D eigenvalue weighted by atomic mass is 19.1. The Bertz CT molecular complexity index is 631. The summed E-state index contributed by atoms with van der Waals surface area (Å²) >= 11 is 0. The zero-order valence-corrected chi connectivity index (χ0v) is 12.9. The van der Waals surface area contributed by atoms with Gasteiger partial charge in [0, 0.05) is 23.1 Å². The molecule has 0 fully saturated rings. The van der Waals surface area contributed by atoms with Crippen LogP contribution in [-0.4, -0.2) is 17.4 Å². The number of aryl methyl sites for hydroxylation is 1. The Morgan fingerprint density at radius 3 is 2.86 bits per heavy atom. The van der Waals surface area contributed by atoms with E-state index in [4.69, 9.17) is 0 Å². The van der Waals surface area contributed by atoms with Crippen molar-refractivity contribution in [1.82, 2.24) is 10.3 Å². The van der Waals surface area contributed by atoms with Gasteiger partial charge in [0.2, 0.25) is 5.91 Å². The van der Waals surface area contributed by atoms with E-state index in [9.17, 15) is 9.18 Å². The number of nitrogens with one attached hydrogen (secondary N) is 2. The number of H-pyrrole nitrogens is 1. The first-order valence-corrected chi connectivity index (χ1v) is 7.50. The third-order valence-electron chi connectivity index (χ3n) is 3.70. The Labute approximate surface area is 124 Å². The van der Waals surface area contributed by atoms with Crippen molar-refractivity contribution in [2.24, 2.45) is 5.92 Å². The quantitative estimate of drug-likeness (QED) is 0.783. The topological polar surface area (TPSA) is 44.9 Å². The molecule has 1 heterocycles. The van der Waals surface area contributed by atoms with Gasteiger partial charge in [-0.15, -0.1) is 0 Å². The van der Waals surface area contributed by atoms with Crippen LogP contribution in [0.15, 0.2) is 18.2 Å². The number of aromatic nitrogens is 1. The second-order valence-corrected chi connectivity index (χ2v) is 5.98. The molecule has 0 saturated heterocycles. The fourth-order valence-electron chi connectivity index (χ4n) is 2.54. The molecule has 2 aromatic rings. The third kappa shape index (κ3) is 4.06. The molecule has 21 heavy (non-hydrogen) atoms. The van der Waals surface area contributed by atoms with Gasteiger partial charge in [-0.1, -0.05) is 13.8 Å². The average Bonchev–Trinajstić information content (AvgIpc) is 2.71.